The van der Waals surface area contributed by atoms with Crippen LogP contribution in [0.4, 0.5) is 5.82 Å². The van der Waals surface area contributed by atoms with E-state index in [2.05, 4.69) is 20.5 Å². The van der Waals surface area contributed by atoms with Crippen LogP contribution >= 0.6 is 11.3 Å². The van der Waals surface area contributed by atoms with Crippen LogP contribution in [0.25, 0.3) is 0 Å². The third kappa shape index (κ3) is 2.87. The standard InChI is InChI=1S/C12H14N4O2S/c1-6-5-19-9(14-6)4-13-11-10(12(17)18)7(2)8(3)15-16-11/h5H,4H2,1-3H3,(H,13,16)(H,17,18). The lowest BCUT2D eigenvalue weighted by molar-refractivity contribution is 0.0696. The number of aromatic nitrogens is 3. The Morgan fingerprint density at radius 1 is 1.37 bits per heavy atom. The van der Waals surface area contributed by atoms with E-state index in [0.717, 1.165) is 10.7 Å². The molecule has 0 unspecified atom stereocenters. The lowest BCUT2D eigenvalue weighted by Gasteiger charge is -2.10. The lowest BCUT2D eigenvalue weighted by atomic mass is 10.1. The van der Waals surface area contributed by atoms with E-state index in [1.807, 2.05) is 12.3 Å². The fraction of sp³-hybridized carbons (Fsp3) is 0.333. The summed E-state index contributed by atoms with van der Waals surface area (Å²) in [5, 5.41) is 22.9. The summed E-state index contributed by atoms with van der Waals surface area (Å²) in [6, 6.07) is 0. The number of rotatable bonds is 4. The van der Waals surface area contributed by atoms with Gasteiger partial charge in [-0.3, -0.25) is 0 Å². The van der Waals surface area contributed by atoms with Crippen LogP contribution in [-0.4, -0.2) is 26.3 Å². The molecule has 2 aromatic heterocycles. The molecule has 0 saturated carbocycles. The molecule has 2 aromatic rings. The Morgan fingerprint density at radius 3 is 2.68 bits per heavy atom. The van der Waals surface area contributed by atoms with Gasteiger partial charge in [-0.15, -0.1) is 16.4 Å². The predicted octanol–water partition coefficient (Wildman–Crippen LogP) is 2.17. The molecule has 0 amide bonds. The lowest BCUT2D eigenvalue weighted by Crippen LogP contribution is -2.12. The number of aryl methyl sites for hydroxylation is 2. The predicted molar refractivity (Wildman–Crippen MR) is 72.6 cm³/mol. The second kappa shape index (κ2) is 5.31. The molecule has 100 valence electrons. The second-order valence-corrected chi connectivity index (χ2v) is 5.12. The van der Waals surface area contributed by atoms with Crippen LogP contribution in [0.3, 0.4) is 0 Å². The fourth-order valence-corrected chi connectivity index (χ4v) is 2.35. The van der Waals surface area contributed by atoms with Gasteiger partial charge >= 0.3 is 5.97 Å². The first-order valence-electron chi connectivity index (χ1n) is 5.71. The van der Waals surface area contributed by atoms with Crippen molar-refractivity contribution >= 4 is 23.1 Å². The first-order valence-corrected chi connectivity index (χ1v) is 6.59. The van der Waals surface area contributed by atoms with Crippen LogP contribution in [0.15, 0.2) is 5.38 Å². The number of thiazole rings is 1. The molecular formula is C12H14N4O2S. The van der Waals surface area contributed by atoms with Crippen molar-refractivity contribution in [2.24, 2.45) is 0 Å². The Balaban J connectivity index is 2.25. The van der Waals surface area contributed by atoms with Crippen molar-refractivity contribution in [3.63, 3.8) is 0 Å². The third-order valence-electron chi connectivity index (χ3n) is 2.74. The Kier molecular flexibility index (Phi) is 3.75. The van der Waals surface area contributed by atoms with Gasteiger partial charge < -0.3 is 10.4 Å². The van der Waals surface area contributed by atoms with Gasteiger partial charge in [0, 0.05) is 11.1 Å². The summed E-state index contributed by atoms with van der Waals surface area (Å²) >= 11 is 1.52. The molecule has 0 spiro atoms. The molecule has 2 N–H and O–H groups in total. The Morgan fingerprint density at radius 2 is 2.11 bits per heavy atom. The number of aromatic carboxylic acids is 1. The fourth-order valence-electron chi connectivity index (χ4n) is 1.64. The third-order valence-corrected chi connectivity index (χ3v) is 3.71. The van der Waals surface area contributed by atoms with Crippen molar-refractivity contribution in [2.45, 2.75) is 27.3 Å². The normalized spacial score (nSPS) is 10.5. The van der Waals surface area contributed by atoms with Crippen molar-refractivity contribution in [3.05, 3.63) is 32.9 Å². The summed E-state index contributed by atoms with van der Waals surface area (Å²) in [5.41, 5.74) is 2.36. The summed E-state index contributed by atoms with van der Waals surface area (Å²) in [4.78, 5) is 15.6. The van der Waals surface area contributed by atoms with Crippen LogP contribution in [0.1, 0.15) is 32.3 Å². The van der Waals surface area contributed by atoms with E-state index >= 15 is 0 Å². The van der Waals surface area contributed by atoms with Gasteiger partial charge in [0.1, 0.15) is 10.6 Å². The summed E-state index contributed by atoms with van der Waals surface area (Å²) in [6.07, 6.45) is 0. The van der Waals surface area contributed by atoms with Crippen molar-refractivity contribution < 1.29 is 9.90 Å². The van der Waals surface area contributed by atoms with Gasteiger partial charge in [0.2, 0.25) is 0 Å². The number of anilines is 1. The van der Waals surface area contributed by atoms with E-state index in [1.54, 1.807) is 13.8 Å². The number of carboxylic acid groups (broad SMARTS) is 1. The van der Waals surface area contributed by atoms with Crippen molar-refractivity contribution in [3.8, 4) is 0 Å². The first kappa shape index (κ1) is 13.4. The van der Waals surface area contributed by atoms with Crippen LogP contribution in [0.2, 0.25) is 0 Å². The van der Waals surface area contributed by atoms with Gasteiger partial charge in [0.15, 0.2) is 5.82 Å². The molecule has 7 heteroatoms. The summed E-state index contributed by atoms with van der Waals surface area (Å²) < 4.78 is 0. The SMILES string of the molecule is Cc1csc(CNc2nnc(C)c(C)c2C(=O)O)n1. The van der Waals surface area contributed by atoms with Crippen LogP contribution in [0.5, 0.6) is 0 Å². The molecule has 0 atom stereocenters. The molecule has 0 bridgehead atoms. The van der Waals surface area contributed by atoms with Crippen LogP contribution < -0.4 is 5.32 Å². The molecule has 2 rings (SSSR count). The van der Waals surface area contributed by atoms with Crippen molar-refractivity contribution in [1.29, 1.82) is 0 Å². The smallest absolute Gasteiger partial charge is 0.339 e. The molecule has 0 fully saturated rings. The number of nitrogens with zero attached hydrogens (tertiary/aromatic N) is 3. The van der Waals surface area contributed by atoms with Crippen molar-refractivity contribution in [1.82, 2.24) is 15.2 Å². The van der Waals surface area contributed by atoms with Gasteiger partial charge in [-0.25, -0.2) is 9.78 Å². The number of hydrogen-bond acceptors (Lipinski definition) is 6. The molecule has 0 aliphatic carbocycles. The van der Waals surface area contributed by atoms with Gasteiger partial charge in [0.05, 0.1) is 12.2 Å². The minimum Gasteiger partial charge on any atom is -0.478 e. The largest absolute Gasteiger partial charge is 0.478 e. The highest BCUT2D eigenvalue weighted by atomic mass is 32.1. The topological polar surface area (TPSA) is 88.0 Å². The van der Waals surface area contributed by atoms with Crippen molar-refractivity contribution in [2.75, 3.05) is 5.32 Å². The average Bonchev–Trinajstić information content (AvgIpc) is 2.76. The molecule has 0 aliphatic rings. The Hall–Kier alpha value is -2.02. The number of nitrogens with one attached hydrogen (secondary N) is 1. The Labute approximate surface area is 114 Å². The van der Waals surface area contributed by atoms with E-state index in [4.69, 9.17) is 0 Å². The maximum atomic E-state index is 11.3. The zero-order valence-electron chi connectivity index (χ0n) is 10.9. The van der Waals surface area contributed by atoms with E-state index < -0.39 is 5.97 Å². The number of carboxylic acids is 1. The molecule has 0 aromatic carbocycles. The maximum Gasteiger partial charge on any atom is 0.339 e. The number of carbonyl (C=O) groups is 1. The molecule has 0 radical (unpaired) electrons. The van der Waals surface area contributed by atoms with E-state index in [-0.39, 0.29) is 11.4 Å². The molecule has 0 saturated heterocycles. The highest BCUT2D eigenvalue weighted by Crippen LogP contribution is 2.19. The quantitative estimate of drug-likeness (QED) is 0.891. The monoisotopic (exact) mass is 278 g/mol. The minimum atomic E-state index is -1.01. The second-order valence-electron chi connectivity index (χ2n) is 4.18. The van der Waals surface area contributed by atoms with E-state index in [0.29, 0.717) is 17.8 Å². The highest BCUT2D eigenvalue weighted by molar-refractivity contribution is 7.09. The summed E-state index contributed by atoms with van der Waals surface area (Å²) in [7, 11) is 0. The van der Waals surface area contributed by atoms with E-state index in [1.165, 1.54) is 11.3 Å². The summed E-state index contributed by atoms with van der Waals surface area (Å²) in [6.45, 7) is 5.82. The molecule has 0 aliphatic heterocycles. The zero-order chi connectivity index (χ0) is 14.0. The molecule has 2 heterocycles. The average molecular weight is 278 g/mol. The minimum absolute atomic E-state index is 0.167. The van der Waals surface area contributed by atoms with Crippen LogP contribution in [0, 0.1) is 20.8 Å². The number of hydrogen-bond donors (Lipinski definition) is 2. The molecular weight excluding hydrogens is 264 g/mol. The molecule has 19 heavy (non-hydrogen) atoms. The van der Waals surface area contributed by atoms with Gasteiger partial charge in [-0.05, 0) is 26.3 Å². The molecule has 6 nitrogen and oxygen atoms in total. The van der Waals surface area contributed by atoms with E-state index in [9.17, 15) is 9.90 Å². The Bertz CT molecular complexity index is 624. The first-order chi connectivity index (χ1) is 8.99. The van der Waals surface area contributed by atoms with Gasteiger partial charge in [-0.2, -0.15) is 5.10 Å². The highest BCUT2D eigenvalue weighted by Gasteiger charge is 2.17. The van der Waals surface area contributed by atoms with Crippen LogP contribution in [-0.2, 0) is 6.54 Å². The van der Waals surface area contributed by atoms with Gasteiger partial charge in [-0.1, -0.05) is 0 Å². The summed E-state index contributed by atoms with van der Waals surface area (Å²) in [5.74, 6) is -0.725. The van der Waals surface area contributed by atoms with Gasteiger partial charge in [0.25, 0.3) is 0 Å². The zero-order valence-corrected chi connectivity index (χ0v) is 11.7. The maximum absolute atomic E-state index is 11.3.